The predicted molar refractivity (Wildman–Crippen MR) is 108 cm³/mol. The lowest BCUT2D eigenvalue weighted by Gasteiger charge is -2.15. The first-order chi connectivity index (χ1) is 13.4. The minimum Gasteiger partial charge on any atom is -0.341 e. The molecule has 1 aromatic carbocycles. The summed E-state index contributed by atoms with van der Waals surface area (Å²) in [7, 11) is 1.42. The van der Waals surface area contributed by atoms with Crippen molar-refractivity contribution in [2.45, 2.75) is 24.3 Å². The fourth-order valence-electron chi connectivity index (χ4n) is 2.47. The highest BCUT2D eigenvalue weighted by molar-refractivity contribution is 8.00. The minimum atomic E-state index is -0.665. The smallest absolute Gasteiger partial charge is 0.321 e. The number of urea groups is 1. The molecule has 2 N–H and O–H groups in total. The molecule has 144 valence electrons. The van der Waals surface area contributed by atoms with Crippen molar-refractivity contribution < 1.29 is 9.59 Å². The molecule has 0 aliphatic heterocycles. The highest BCUT2D eigenvalue weighted by Gasteiger charge is 2.21. The Morgan fingerprint density at radius 1 is 1.18 bits per heavy atom. The number of amides is 3. The van der Waals surface area contributed by atoms with Crippen LogP contribution in [0.2, 0.25) is 0 Å². The Morgan fingerprint density at radius 3 is 2.61 bits per heavy atom. The number of benzene rings is 1. The number of thioether (sulfide) groups is 1. The molecule has 0 spiro atoms. The lowest BCUT2D eigenvalue weighted by Crippen LogP contribution is -2.41. The molecule has 8 nitrogen and oxygen atoms in total. The maximum atomic E-state index is 13.1. The number of aryl methyl sites for hydroxylation is 1. The van der Waals surface area contributed by atoms with Crippen molar-refractivity contribution in [3.05, 3.63) is 58.5 Å². The summed E-state index contributed by atoms with van der Waals surface area (Å²) >= 11 is 1.08. The molecule has 0 saturated carbocycles. The van der Waals surface area contributed by atoms with E-state index >= 15 is 0 Å². The van der Waals surface area contributed by atoms with Crippen LogP contribution in [-0.4, -0.2) is 38.8 Å². The van der Waals surface area contributed by atoms with Crippen LogP contribution in [0.3, 0.4) is 0 Å². The molecular formula is C19H19N5O3S. The number of fused-ring (bicyclic) bond motifs is 1. The zero-order valence-electron chi connectivity index (χ0n) is 15.6. The molecule has 28 heavy (non-hydrogen) atoms. The second-order valence-electron chi connectivity index (χ2n) is 6.07. The molecular weight excluding hydrogens is 378 g/mol. The molecule has 0 radical (unpaired) electrons. The van der Waals surface area contributed by atoms with Gasteiger partial charge in [-0.05, 0) is 37.6 Å². The summed E-state index contributed by atoms with van der Waals surface area (Å²) in [6, 6.07) is 9.98. The van der Waals surface area contributed by atoms with Crippen LogP contribution in [-0.2, 0) is 4.79 Å². The maximum Gasteiger partial charge on any atom is 0.321 e. The van der Waals surface area contributed by atoms with Gasteiger partial charge in [0, 0.05) is 13.2 Å². The minimum absolute atomic E-state index is 0.275. The topological polar surface area (TPSA) is 106 Å². The summed E-state index contributed by atoms with van der Waals surface area (Å²) in [4.78, 5) is 45.6. The number of nitrogens with zero attached hydrogens (tertiary/aromatic N) is 3. The van der Waals surface area contributed by atoms with Gasteiger partial charge in [0.1, 0.15) is 5.82 Å². The van der Waals surface area contributed by atoms with Crippen LogP contribution in [0.1, 0.15) is 12.5 Å². The summed E-state index contributed by atoms with van der Waals surface area (Å²) in [5, 5.41) is 4.67. The van der Waals surface area contributed by atoms with Crippen LogP contribution >= 0.6 is 11.8 Å². The quantitative estimate of drug-likeness (QED) is 0.515. The third kappa shape index (κ3) is 4.04. The first-order valence-corrected chi connectivity index (χ1v) is 9.42. The van der Waals surface area contributed by atoms with Crippen molar-refractivity contribution in [3.8, 4) is 5.82 Å². The first kappa shape index (κ1) is 19.6. The van der Waals surface area contributed by atoms with Crippen molar-refractivity contribution in [1.82, 2.24) is 25.2 Å². The van der Waals surface area contributed by atoms with E-state index in [0.29, 0.717) is 21.9 Å². The molecule has 3 rings (SSSR count). The molecule has 0 bridgehead atoms. The normalized spacial score (nSPS) is 11.8. The van der Waals surface area contributed by atoms with Gasteiger partial charge in [0.15, 0.2) is 5.16 Å². The molecule has 2 heterocycles. The predicted octanol–water partition coefficient (Wildman–Crippen LogP) is 2.03. The van der Waals surface area contributed by atoms with Gasteiger partial charge in [-0.15, -0.1) is 0 Å². The SMILES string of the molecule is CNC(=O)NC(=O)C(C)Sc1nc2ccccc2c(=O)n1-c1ccc(C)cn1. The third-order valence-corrected chi connectivity index (χ3v) is 5.04. The number of carbonyl (C=O) groups is 2. The lowest BCUT2D eigenvalue weighted by molar-refractivity contribution is -0.119. The summed E-state index contributed by atoms with van der Waals surface area (Å²) in [5.74, 6) is -0.0783. The van der Waals surface area contributed by atoms with E-state index in [0.717, 1.165) is 17.3 Å². The van der Waals surface area contributed by atoms with Crippen LogP contribution in [0.5, 0.6) is 0 Å². The monoisotopic (exact) mass is 397 g/mol. The third-order valence-electron chi connectivity index (χ3n) is 3.98. The molecule has 0 aliphatic rings. The number of hydrogen-bond acceptors (Lipinski definition) is 6. The van der Waals surface area contributed by atoms with Gasteiger partial charge < -0.3 is 5.32 Å². The molecule has 3 aromatic rings. The van der Waals surface area contributed by atoms with E-state index in [1.807, 2.05) is 13.0 Å². The lowest BCUT2D eigenvalue weighted by atomic mass is 10.2. The van der Waals surface area contributed by atoms with Gasteiger partial charge in [0.25, 0.3) is 5.56 Å². The van der Waals surface area contributed by atoms with Crippen molar-refractivity contribution in [2.24, 2.45) is 0 Å². The first-order valence-electron chi connectivity index (χ1n) is 8.54. The van der Waals surface area contributed by atoms with Gasteiger partial charge in [0.05, 0.1) is 16.2 Å². The zero-order chi connectivity index (χ0) is 20.3. The van der Waals surface area contributed by atoms with E-state index in [4.69, 9.17) is 0 Å². The van der Waals surface area contributed by atoms with Gasteiger partial charge in [-0.25, -0.2) is 19.3 Å². The van der Waals surface area contributed by atoms with Crippen molar-refractivity contribution in [1.29, 1.82) is 0 Å². The van der Waals surface area contributed by atoms with Crippen molar-refractivity contribution in [3.63, 3.8) is 0 Å². The van der Waals surface area contributed by atoms with Gasteiger partial charge >= 0.3 is 6.03 Å². The average Bonchev–Trinajstić information content (AvgIpc) is 2.69. The number of para-hydroxylation sites is 1. The number of aromatic nitrogens is 3. The number of nitrogens with one attached hydrogen (secondary N) is 2. The summed E-state index contributed by atoms with van der Waals surface area (Å²) in [6.45, 7) is 3.54. The van der Waals surface area contributed by atoms with E-state index in [9.17, 15) is 14.4 Å². The average molecular weight is 397 g/mol. The number of hydrogen-bond donors (Lipinski definition) is 2. The van der Waals surface area contributed by atoms with E-state index in [1.54, 1.807) is 43.5 Å². The number of carbonyl (C=O) groups excluding carboxylic acids is 2. The Morgan fingerprint density at radius 2 is 1.93 bits per heavy atom. The summed E-state index contributed by atoms with van der Waals surface area (Å²) in [5.41, 5.74) is 1.21. The van der Waals surface area contributed by atoms with Gasteiger partial charge in [-0.1, -0.05) is 30.0 Å². The Hall–Kier alpha value is -3.20. The Balaban J connectivity index is 2.08. The second-order valence-corrected chi connectivity index (χ2v) is 7.38. The van der Waals surface area contributed by atoms with E-state index < -0.39 is 17.2 Å². The maximum absolute atomic E-state index is 13.1. The van der Waals surface area contributed by atoms with E-state index in [-0.39, 0.29) is 5.56 Å². The van der Waals surface area contributed by atoms with Crippen LogP contribution in [0.15, 0.2) is 52.5 Å². The Kier molecular flexibility index (Phi) is 5.74. The Bertz CT molecular complexity index is 1090. The van der Waals surface area contributed by atoms with E-state index in [1.165, 1.54) is 11.6 Å². The molecule has 0 aliphatic carbocycles. The molecule has 1 unspecified atom stereocenters. The van der Waals surface area contributed by atoms with Gasteiger partial charge in [-0.2, -0.15) is 0 Å². The number of pyridine rings is 1. The fraction of sp³-hybridized carbons (Fsp3) is 0.211. The van der Waals surface area contributed by atoms with Gasteiger partial charge in [0.2, 0.25) is 5.91 Å². The van der Waals surface area contributed by atoms with Crippen LogP contribution < -0.4 is 16.2 Å². The Labute approximate surface area is 165 Å². The van der Waals surface area contributed by atoms with Crippen LogP contribution in [0.4, 0.5) is 4.79 Å². The molecule has 3 amide bonds. The second kappa shape index (κ2) is 8.22. The van der Waals surface area contributed by atoms with Crippen molar-refractivity contribution in [2.75, 3.05) is 7.05 Å². The highest BCUT2D eigenvalue weighted by atomic mass is 32.2. The fourth-order valence-corrected chi connectivity index (χ4v) is 3.39. The highest BCUT2D eigenvalue weighted by Crippen LogP contribution is 2.24. The standard InChI is InChI=1S/C19H19N5O3S/c1-11-8-9-15(21-10-11)24-17(26)13-6-4-5-7-14(13)22-19(24)28-12(2)16(25)23-18(27)20-3/h4-10,12H,1-3H3,(H2,20,23,25,27). The molecule has 2 aromatic heterocycles. The number of rotatable bonds is 4. The summed E-state index contributed by atoms with van der Waals surface area (Å²) < 4.78 is 1.39. The van der Waals surface area contributed by atoms with Crippen molar-refractivity contribution >= 4 is 34.6 Å². The number of imide groups is 1. The van der Waals surface area contributed by atoms with Crippen LogP contribution in [0.25, 0.3) is 16.7 Å². The summed E-state index contributed by atoms with van der Waals surface area (Å²) in [6.07, 6.45) is 1.66. The zero-order valence-corrected chi connectivity index (χ0v) is 16.4. The molecule has 1 atom stereocenters. The van der Waals surface area contributed by atoms with E-state index in [2.05, 4.69) is 20.6 Å². The largest absolute Gasteiger partial charge is 0.341 e. The van der Waals surface area contributed by atoms with Gasteiger partial charge in [-0.3, -0.25) is 14.9 Å². The molecule has 0 saturated heterocycles. The molecule has 9 heteroatoms. The molecule has 0 fully saturated rings. The van der Waals surface area contributed by atoms with Crippen LogP contribution in [0, 0.1) is 6.92 Å².